The number of carbonyl (C=O) groups is 2. The highest BCUT2D eigenvalue weighted by Gasteiger charge is 2.26. The first-order valence-corrected chi connectivity index (χ1v) is 4.23. The molecule has 1 aromatic rings. The van der Waals surface area contributed by atoms with E-state index in [0.29, 0.717) is 0 Å². The molecule has 8 heteroatoms. The van der Waals surface area contributed by atoms with E-state index in [9.17, 15) is 19.7 Å². The minimum absolute atomic E-state index is 0.213. The largest absolute Gasteiger partial charge is 0.469 e. The van der Waals surface area contributed by atoms with Crippen LogP contribution in [0.25, 0.3) is 0 Å². The molecule has 0 radical (unpaired) electrons. The summed E-state index contributed by atoms with van der Waals surface area (Å²) in [6, 6.07) is 0. The second-order valence-corrected chi connectivity index (χ2v) is 2.94. The summed E-state index contributed by atoms with van der Waals surface area (Å²) in [6.45, 7) is 0. The van der Waals surface area contributed by atoms with Crippen molar-refractivity contribution in [2.45, 2.75) is 6.42 Å². The molecule has 0 aliphatic rings. The highest BCUT2D eigenvalue weighted by molar-refractivity contribution is 6.07. The molecule has 1 heterocycles. The lowest BCUT2D eigenvalue weighted by molar-refractivity contribution is -0.385. The number of hydrogen-bond donors (Lipinski definition) is 0. The first kappa shape index (κ1) is 11.8. The fourth-order valence-corrected chi connectivity index (χ4v) is 1.17. The van der Waals surface area contributed by atoms with Gasteiger partial charge in [-0.1, -0.05) is 0 Å². The Labute approximate surface area is 90.0 Å². The second-order valence-electron chi connectivity index (χ2n) is 2.94. The molecule has 0 atom stereocenters. The van der Waals surface area contributed by atoms with Gasteiger partial charge >= 0.3 is 11.7 Å². The molecule has 0 aromatic carbocycles. The number of aromatic nitrogens is 2. The molecule has 16 heavy (non-hydrogen) atoms. The van der Waals surface area contributed by atoms with Crippen molar-refractivity contribution >= 4 is 17.4 Å². The summed E-state index contributed by atoms with van der Waals surface area (Å²) in [4.78, 5) is 32.3. The Kier molecular flexibility index (Phi) is 3.33. The van der Waals surface area contributed by atoms with Crippen molar-refractivity contribution in [1.82, 2.24) is 9.78 Å². The van der Waals surface area contributed by atoms with Crippen LogP contribution in [0, 0.1) is 10.1 Å². The fourth-order valence-electron chi connectivity index (χ4n) is 1.17. The van der Waals surface area contributed by atoms with Gasteiger partial charge in [-0.05, 0) is 0 Å². The lowest BCUT2D eigenvalue weighted by Gasteiger charge is -1.99. The number of ether oxygens (including phenoxy) is 1. The van der Waals surface area contributed by atoms with E-state index in [2.05, 4.69) is 9.84 Å². The zero-order valence-corrected chi connectivity index (χ0v) is 8.67. The van der Waals surface area contributed by atoms with E-state index in [1.165, 1.54) is 7.05 Å². The van der Waals surface area contributed by atoms with Crippen LogP contribution in [0.4, 0.5) is 5.69 Å². The lowest BCUT2D eigenvalue weighted by Crippen LogP contribution is -2.14. The highest BCUT2D eigenvalue weighted by atomic mass is 16.6. The van der Waals surface area contributed by atoms with Crippen molar-refractivity contribution < 1.29 is 19.2 Å². The minimum Gasteiger partial charge on any atom is -0.469 e. The molecular formula is C8H9N3O5. The van der Waals surface area contributed by atoms with Gasteiger partial charge < -0.3 is 4.74 Å². The van der Waals surface area contributed by atoms with Crippen molar-refractivity contribution in [2.75, 3.05) is 7.11 Å². The molecule has 0 spiro atoms. The molecule has 0 fully saturated rings. The van der Waals surface area contributed by atoms with E-state index in [4.69, 9.17) is 0 Å². The summed E-state index contributed by atoms with van der Waals surface area (Å²) < 4.78 is 5.36. The molecular weight excluding hydrogens is 218 g/mol. The van der Waals surface area contributed by atoms with E-state index in [0.717, 1.165) is 18.0 Å². The van der Waals surface area contributed by atoms with Gasteiger partial charge in [0.2, 0.25) is 0 Å². The van der Waals surface area contributed by atoms with E-state index in [-0.39, 0.29) is 5.69 Å². The summed E-state index contributed by atoms with van der Waals surface area (Å²) in [5, 5.41) is 14.2. The molecule has 86 valence electrons. The minimum atomic E-state index is -0.750. The Hall–Kier alpha value is -2.25. The number of rotatable bonds is 4. The van der Waals surface area contributed by atoms with Crippen molar-refractivity contribution in [3.05, 3.63) is 22.0 Å². The van der Waals surface area contributed by atoms with Crippen LogP contribution < -0.4 is 0 Å². The molecule has 0 aliphatic carbocycles. The molecule has 0 saturated heterocycles. The van der Waals surface area contributed by atoms with Crippen LogP contribution in [-0.4, -0.2) is 33.6 Å². The highest BCUT2D eigenvalue weighted by Crippen LogP contribution is 2.18. The second kappa shape index (κ2) is 4.51. The number of esters is 1. The van der Waals surface area contributed by atoms with Crippen molar-refractivity contribution in [1.29, 1.82) is 0 Å². The van der Waals surface area contributed by atoms with Crippen LogP contribution in [0.1, 0.15) is 16.9 Å². The van der Waals surface area contributed by atoms with Gasteiger partial charge in [0, 0.05) is 7.05 Å². The summed E-state index contributed by atoms with van der Waals surface area (Å²) in [5.74, 6) is -1.45. The number of Topliss-reactive ketones (excluding diaryl/α,β-unsaturated/α-hetero) is 1. The number of methoxy groups -OCH3 is 1. The summed E-state index contributed by atoms with van der Waals surface area (Å²) in [7, 11) is 2.52. The third-order valence-corrected chi connectivity index (χ3v) is 1.91. The third-order valence-electron chi connectivity index (χ3n) is 1.91. The predicted molar refractivity (Wildman–Crippen MR) is 50.8 cm³/mol. The third kappa shape index (κ3) is 2.22. The zero-order chi connectivity index (χ0) is 12.3. The maximum atomic E-state index is 11.6. The van der Waals surface area contributed by atoms with Crippen molar-refractivity contribution in [2.24, 2.45) is 7.05 Å². The Morgan fingerprint density at radius 2 is 2.25 bits per heavy atom. The Morgan fingerprint density at radius 3 is 2.75 bits per heavy atom. The van der Waals surface area contributed by atoms with E-state index in [1.54, 1.807) is 0 Å². The Balaban J connectivity index is 3.03. The van der Waals surface area contributed by atoms with Crippen LogP contribution in [0.2, 0.25) is 0 Å². The van der Waals surface area contributed by atoms with Gasteiger partial charge in [-0.3, -0.25) is 24.4 Å². The van der Waals surface area contributed by atoms with Gasteiger partial charge in [0.25, 0.3) is 0 Å². The van der Waals surface area contributed by atoms with Gasteiger partial charge in [-0.15, -0.1) is 0 Å². The standard InChI is InChI=1S/C8H9N3O5/c1-10-8(5(4-9-10)11(14)15)6(12)3-7(13)16-2/h4H,3H2,1-2H3. The van der Waals surface area contributed by atoms with E-state index in [1.807, 2.05) is 0 Å². The molecule has 8 nitrogen and oxygen atoms in total. The van der Waals surface area contributed by atoms with Gasteiger partial charge in [0.05, 0.1) is 12.0 Å². The predicted octanol–water partition coefficient (Wildman–Crippen LogP) is 0.0741. The summed E-state index contributed by atoms with van der Waals surface area (Å²) in [6.07, 6.45) is 0.418. The number of ketones is 1. The van der Waals surface area contributed by atoms with Crippen molar-refractivity contribution in [3.63, 3.8) is 0 Å². The average molecular weight is 227 g/mol. The Morgan fingerprint density at radius 1 is 1.62 bits per heavy atom. The van der Waals surface area contributed by atoms with Crippen LogP contribution in [0.3, 0.4) is 0 Å². The molecule has 0 bridgehead atoms. The lowest BCUT2D eigenvalue weighted by atomic mass is 10.2. The maximum Gasteiger partial charge on any atom is 0.317 e. The van der Waals surface area contributed by atoms with Gasteiger partial charge in [-0.25, -0.2) is 0 Å². The normalized spacial score (nSPS) is 9.88. The zero-order valence-electron chi connectivity index (χ0n) is 8.67. The van der Waals surface area contributed by atoms with Crippen LogP contribution in [0.15, 0.2) is 6.20 Å². The molecule has 1 aromatic heterocycles. The van der Waals surface area contributed by atoms with Gasteiger partial charge in [0.1, 0.15) is 12.6 Å². The van der Waals surface area contributed by atoms with Crippen LogP contribution in [-0.2, 0) is 16.6 Å². The molecule has 0 amide bonds. The topological polar surface area (TPSA) is 104 Å². The van der Waals surface area contributed by atoms with E-state index >= 15 is 0 Å². The van der Waals surface area contributed by atoms with Crippen LogP contribution in [0.5, 0.6) is 0 Å². The SMILES string of the molecule is COC(=O)CC(=O)c1c([N+](=O)[O-])cnn1C. The monoisotopic (exact) mass is 227 g/mol. The quantitative estimate of drug-likeness (QED) is 0.237. The number of nitrogens with zero attached hydrogens (tertiary/aromatic N) is 3. The first-order valence-electron chi connectivity index (χ1n) is 4.23. The number of hydrogen-bond acceptors (Lipinski definition) is 6. The summed E-state index contributed by atoms with van der Waals surface area (Å²) in [5.41, 5.74) is -0.633. The molecule has 0 N–H and O–H groups in total. The van der Waals surface area contributed by atoms with Crippen molar-refractivity contribution in [3.8, 4) is 0 Å². The number of carbonyl (C=O) groups excluding carboxylic acids is 2. The van der Waals surface area contributed by atoms with E-state index < -0.39 is 28.8 Å². The number of aryl methyl sites for hydroxylation is 1. The maximum absolute atomic E-state index is 11.6. The van der Waals surface area contributed by atoms with Gasteiger partial charge in [0.15, 0.2) is 11.5 Å². The smallest absolute Gasteiger partial charge is 0.317 e. The molecule has 1 rings (SSSR count). The number of nitro groups is 1. The molecule has 0 unspecified atom stereocenters. The average Bonchev–Trinajstić information content (AvgIpc) is 2.59. The Bertz CT molecular complexity index is 451. The van der Waals surface area contributed by atoms with Crippen LogP contribution >= 0.6 is 0 Å². The fraction of sp³-hybridized carbons (Fsp3) is 0.375. The summed E-state index contributed by atoms with van der Waals surface area (Å²) >= 11 is 0. The molecule has 0 saturated carbocycles. The first-order chi connectivity index (χ1) is 7.47. The van der Waals surface area contributed by atoms with Gasteiger partial charge in [-0.2, -0.15) is 5.10 Å². The molecule has 0 aliphatic heterocycles.